The monoisotopic (exact) mass is 422 g/mol. The van der Waals surface area contributed by atoms with Crippen LogP contribution in [0.2, 0.25) is 0 Å². The van der Waals surface area contributed by atoms with Crippen LogP contribution in [0, 0.1) is 19.7 Å². The molecule has 0 aliphatic carbocycles. The second kappa shape index (κ2) is 9.25. The van der Waals surface area contributed by atoms with E-state index >= 15 is 0 Å². The van der Waals surface area contributed by atoms with Crippen molar-refractivity contribution in [3.05, 3.63) is 82.9 Å². The number of benzene rings is 2. The average molecular weight is 422 g/mol. The molecule has 0 aliphatic heterocycles. The molecule has 0 unspecified atom stereocenters. The molecule has 160 valence electrons. The van der Waals surface area contributed by atoms with Gasteiger partial charge in [0.2, 0.25) is 5.91 Å². The van der Waals surface area contributed by atoms with Gasteiger partial charge in [0, 0.05) is 24.4 Å². The van der Waals surface area contributed by atoms with Crippen LogP contribution in [-0.2, 0) is 4.79 Å². The molecule has 3 aromatic rings. The number of para-hydroxylation sites is 2. The fourth-order valence-electron chi connectivity index (χ4n) is 3.37. The highest BCUT2D eigenvalue weighted by Crippen LogP contribution is 2.24. The Balaban J connectivity index is 1.85. The molecule has 3 rings (SSSR count). The standard InChI is InChI=1S/C23H23FN4O3/c1-14-13-17(15(2)28(14)20-10-6-4-8-18(20)24)23(31)27-19-9-5-3-7-16(19)22(30)26-12-11-21(25)29/h3-10,13H,11-12H2,1-2H3,(H2,25,29)(H,26,30)(H,27,31). The molecule has 7 nitrogen and oxygen atoms in total. The number of nitrogens with zero attached hydrogens (tertiary/aromatic N) is 1. The normalized spacial score (nSPS) is 10.5. The number of nitrogens with one attached hydrogen (secondary N) is 2. The fourth-order valence-corrected chi connectivity index (χ4v) is 3.37. The van der Waals surface area contributed by atoms with Crippen LogP contribution in [0.25, 0.3) is 5.69 Å². The number of halogens is 1. The molecule has 0 saturated carbocycles. The first kappa shape index (κ1) is 21.8. The van der Waals surface area contributed by atoms with Gasteiger partial charge in [-0.25, -0.2) is 4.39 Å². The quantitative estimate of drug-likeness (QED) is 0.545. The predicted molar refractivity (Wildman–Crippen MR) is 116 cm³/mol. The van der Waals surface area contributed by atoms with Crippen molar-refractivity contribution >= 4 is 23.4 Å². The summed E-state index contributed by atoms with van der Waals surface area (Å²) in [5.41, 5.74) is 7.65. The molecular weight excluding hydrogens is 399 g/mol. The zero-order chi connectivity index (χ0) is 22.5. The van der Waals surface area contributed by atoms with Gasteiger partial charge in [0.05, 0.1) is 22.5 Å². The van der Waals surface area contributed by atoms with Crippen LogP contribution < -0.4 is 16.4 Å². The molecule has 0 atom stereocenters. The minimum Gasteiger partial charge on any atom is -0.370 e. The van der Waals surface area contributed by atoms with Gasteiger partial charge < -0.3 is 20.9 Å². The van der Waals surface area contributed by atoms with E-state index in [0.717, 1.165) is 0 Å². The lowest BCUT2D eigenvalue weighted by molar-refractivity contribution is -0.117. The number of aromatic nitrogens is 1. The molecule has 3 amide bonds. The van der Waals surface area contributed by atoms with Gasteiger partial charge in [-0.15, -0.1) is 0 Å². The second-order valence-corrected chi connectivity index (χ2v) is 7.04. The molecule has 8 heteroatoms. The van der Waals surface area contributed by atoms with Crippen molar-refractivity contribution in [2.24, 2.45) is 5.73 Å². The minimum absolute atomic E-state index is 0.0162. The molecule has 0 radical (unpaired) electrons. The third-order valence-electron chi connectivity index (χ3n) is 4.85. The molecule has 31 heavy (non-hydrogen) atoms. The largest absolute Gasteiger partial charge is 0.370 e. The van der Waals surface area contributed by atoms with E-state index in [1.54, 1.807) is 66.9 Å². The molecular formula is C23H23FN4O3. The number of carbonyl (C=O) groups excluding carboxylic acids is 3. The van der Waals surface area contributed by atoms with Crippen molar-refractivity contribution in [3.63, 3.8) is 0 Å². The lowest BCUT2D eigenvalue weighted by atomic mass is 10.1. The van der Waals surface area contributed by atoms with Crippen molar-refractivity contribution in [1.82, 2.24) is 9.88 Å². The molecule has 0 saturated heterocycles. The number of anilines is 1. The number of carbonyl (C=O) groups is 3. The van der Waals surface area contributed by atoms with Crippen LogP contribution in [0.3, 0.4) is 0 Å². The summed E-state index contributed by atoms with van der Waals surface area (Å²) in [6, 6.07) is 14.5. The first-order valence-corrected chi connectivity index (χ1v) is 9.70. The van der Waals surface area contributed by atoms with Gasteiger partial charge in [-0.3, -0.25) is 14.4 Å². The summed E-state index contributed by atoms with van der Waals surface area (Å²) in [7, 11) is 0. The zero-order valence-corrected chi connectivity index (χ0v) is 17.2. The maximum absolute atomic E-state index is 14.3. The summed E-state index contributed by atoms with van der Waals surface area (Å²) in [5, 5.41) is 5.36. The minimum atomic E-state index is -0.521. The molecule has 1 heterocycles. The highest BCUT2D eigenvalue weighted by atomic mass is 19.1. The Hall–Kier alpha value is -3.94. The SMILES string of the molecule is Cc1cc(C(=O)Nc2ccccc2C(=O)NCCC(N)=O)c(C)n1-c1ccccc1F. The maximum Gasteiger partial charge on any atom is 0.257 e. The average Bonchev–Trinajstić information content (AvgIpc) is 3.02. The highest BCUT2D eigenvalue weighted by Gasteiger charge is 2.20. The first-order valence-electron chi connectivity index (χ1n) is 9.70. The van der Waals surface area contributed by atoms with E-state index in [-0.39, 0.29) is 18.5 Å². The Bertz CT molecular complexity index is 1150. The Morgan fingerprint density at radius 3 is 2.35 bits per heavy atom. The van der Waals surface area contributed by atoms with Crippen LogP contribution in [0.4, 0.5) is 10.1 Å². The third-order valence-corrected chi connectivity index (χ3v) is 4.85. The van der Waals surface area contributed by atoms with Gasteiger partial charge in [0.1, 0.15) is 5.82 Å². The summed E-state index contributed by atoms with van der Waals surface area (Å²) < 4.78 is 16.0. The van der Waals surface area contributed by atoms with Crippen molar-refractivity contribution in [3.8, 4) is 5.69 Å². The number of primary amides is 1. The van der Waals surface area contributed by atoms with Gasteiger partial charge in [-0.2, -0.15) is 0 Å². The number of hydrogen-bond acceptors (Lipinski definition) is 3. The smallest absolute Gasteiger partial charge is 0.257 e. The van der Waals surface area contributed by atoms with Crippen LogP contribution in [0.15, 0.2) is 54.6 Å². The predicted octanol–water partition coefficient (Wildman–Crippen LogP) is 3.09. The van der Waals surface area contributed by atoms with Crippen molar-refractivity contribution in [2.45, 2.75) is 20.3 Å². The van der Waals surface area contributed by atoms with Gasteiger partial charge in [0.25, 0.3) is 11.8 Å². The maximum atomic E-state index is 14.3. The van der Waals surface area contributed by atoms with Crippen LogP contribution >= 0.6 is 0 Å². The van der Waals surface area contributed by atoms with Crippen LogP contribution in [0.1, 0.15) is 38.5 Å². The summed E-state index contributed by atoms with van der Waals surface area (Å²) in [6.07, 6.45) is 0.0162. The van der Waals surface area contributed by atoms with Gasteiger partial charge in [-0.05, 0) is 44.2 Å². The van der Waals surface area contributed by atoms with Gasteiger partial charge in [-0.1, -0.05) is 24.3 Å². The Kier molecular flexibility index (Phi) is 6.49. The number of rotatable bonds is 7. The van der Waals surface area contributed by atoms with E-state index in [2.05, 4.69) is 10.6 Å². The molecule has 0 spiro atoms. The summed E-state index contributed by atoms with van der Waals surface area (Å²) in [4.78, 5) is 36.3. The second-order valence-electron chi connectivity index (χ2n) is 7.04. The summed E-state index contributed by atoms with van der Waals surface area (Å²) in [6.45, 7) is 3.62. The van der Waals surface area contributed by atoms with Crippen LogP contribution in [-0.4, -0.2) is 28.8 Å². The van der Waals surface area contributed by atoms with E-state index in [0.29, 0.717) is 28.3 Å². The third kappa shape index (κ3) is 4.80. The number of amides is 3. The fraction of sp³-hybridized carbons (Fsp3) is 0.174. The molecule has 2 aromatic carbocycles. The topological polar surface area (TPSA) is 106 Å². The van der Waals surface area contributed by atoms with Gasteiger partial charge in [0.15, 0.2) is 0 Å². The lowest BCUT2D eigenvalue weighted by Gasteiger charge is -2.12. The highest BCUT2D eigenvalue weighted by molar-refractivity contribution is 6.09. The van der Waals surface area contributed by atoms with Crippen molar-refractivity contribution < 1.29 is 18.8 Å². The summed E-state index contributed by atoms with van der Waals surface area (Å²) in [5.74, 6) is -1.77. The van der Waals surface area contributed by atoms with Crippen molar-refractivity contribution in [2.75, 3.05) is 11.9 Å². The Morgan fingerprint density at radius 1 is 0.968 bits per heavy atom. The molecule has 0 fully saturated rings. The molecule has 0 bridgehead atoms. The number of hydrogen-bond donors (Lipinski definition) is 3. The molecule has 0 aliphatic rings. The first-order chi connectivity index (χ1) is 14.8. The zero-order valence-electron chi connectivity index (χ0n) is 17.2. The number of nitrogens with two attached hydrogens (primary N) is 1. The van der Waals surface area contributed by atoms with Crippen LogP contribution in [0.5, 0.6) is 0 Å². The molecule has 1 aromatic heterocycles. The number of aryl methyl sites for hydroxylation is 1. The lowest BCUT2D eigenvalue weighted by Crippen LogP contribution is -2.28. The van der Waals surface area contributed by atoms with E-state index < -0.39 is 23.5 Å². The van der Waals surface area contributed by atoms with E-state index in [4.69, 9.17) is 5.73 Å². The van der Waals surface area contributed by atoms with E-state index in [9.17, 15) is 18.8 Å². The summed E-state index contributed by atoms with van der Waals surface area (Å²) >= 11 is 0. The van der Waals surface area contributed by atoms with E-state index in [1.165, 1.54) is 6.07 Å². The van der Waals surface area contributed by atoms with Crippen molar-refractivity contribution in [1.29, 1.82) is 0 Å². The molecule has 4 N–H and O–H groups in total. The van der Waals surface area contributed by atoms with E-state index in [1.807, 2.05) is 0 Å². The Morgan fingerprint density at radius 2 is 1.65 bits per heavy atom. The Labute approximate surface area is 179 Å². The van der Waals surface area contributed by atoms with Gasteiger partial charge >= 0.3 is 0 Å².